The minimum atomic E-state index is -0.468. The van der Waals surface area contributed by atoms with Crippen molar-refractivity contribution in [2.45, 2.75) is 20.5 Å². The van der Waals surface area contributed by atoms with E-state index >= 15 is 0 Å². The fourth-order valence-corrected chi connectivity index (χ4v) is 3.29. The summed E-state index contributed by atoms with van der Waals surface area (Å²) in [6.07, 6.45) is 1.53. The fourth-order valence-electron chi connectivity index (χ4n) is 2.83. The summed E-state index contributed by atoms with van der Waals surface area (Å²) < 4.78 is 5.81. The van der Waals surface area contributed by atoms with Gasteiger partial charge in [-0.3, -0.25) is 4.79 Å². The number of amides is 1. The standard InChI is InChI=1S/C25H20Cl2N2O2/c1-16-6-9-22(10-17(16)2)29-25(30)20(14-28)11-18-4-3-5-23(12-18)31-15-19-7-8-21(26)13-24(19)27/h3-13H,15H2,1-2H3,(H,29,30)/b20-11-. The van der Waals surface area contributed by atoms with Gasteiger partial charge >= 0.3 is 0 Å². The van der Waals surface area contributed by atoms with Gasteiger partial charge in [0.1, 0.15) is 24.0 Å². The first-order valence-corrected chi connectivity index (χ1v) is 10.3. The number of hydrogen-bond donors (Lipinski definition) is 1. The highest BCUT2D eigenvalue weighted by Gasteiger charge is 2.10. The van der Waals surface area contributed by atoms with Gasteiger partial charge in [0.15, 0.2) is 0 Å². The van der Waals surface area contributed by atoms with Crippen LogP contribution in [0.2, 0.25) is 10.0 Å². The number of rotatable bonds is 6. The van der Waals surface area contributed by atoms with Crippen LogP contribution in [0.5, 0.6) is 5.75 Å². The highest BCUT2D eigenvalue weighted by atomic mass is 35.5. The van der Waals surface area contributed by atoms with E-state index in [0.29, 0.717) is 27.0 Å². The van der Waals surface area contributed by atoms with Crippen LogP contribution in [-0.2, 0) is 11.4 Å². The zero-order valence-electron chi connectivity index (χ0n) is 17.1. The van der Waals surface area contributed by atoms with E-state index in [1.165, 1.54) is 6.08 Å². The van der Waals surface area contributed by atoms with Crippen LogP contribution in [0.1, 0.15) is 22.3 Å². The van der Waals surface area contributed by atoms with Gasteiger partial charge < -0.3 is 10.1 Å². The molecule has 0 aliphatic carbocycles. The largest absolute Gasteiger partial charge is 0.489 e. The van der Waals surface area contributed by atoms with Crippen molar-refractivity contribution in [3.05, 3.63) is 98.5 Å². The van der Waals surface area contributed by atoms with Gasteiger partial charge in [-0.2, -0.15) is 5.26 Å². The third-order valence-electron chi connectivity index (χ3n) is 4.71. The molecule has 0 saturated carbocycles. The zero-order valence-corrected chi connectivity index (χ0v) is 18.6. The number of carbonyl (C=O) groups excluding carboxylic acids is 1. The van der Waals surface area contributed by atoms with Crippen LogP contribution in [0.15, 0.2) is 66.2 Å². The topological polar surface area (TPSA) is 62.1 Å². The molecule has 3 aromatic carbocycles. The van der Waals surface area contributed by atoms with E-state index in [4.69, 9.17) is 27.9 Å². The predicted molar refractivity (Wildman–Crippen MR) is 125 cm³/mol. The number of hydrogen-bond acceptors (Lipinski definition) is 3. The fraction of sp³-hybridized carbons (Fsp3) is 0.120. The number of carbonyl (C=O) groups is 1. The molecule has 31 heavy (non-hydrogen) atoms. The zero-order chi connectivity index (χ0) is 22.4. The number of nitrogens with one attached hydrogen (secondary N) is 1. The molecule has 0 saturated heterocycles. The maximum absolute atomic E-state index is 12.5. The minimum absolute atomic E-state index is 0.00359. The normalized spacial score (nSPS) is 11.0. The molecule has 156 valence electrons. The Bertz CT molecular complexity index is 1200. The monoisotopic (exact) mass is 450 g/mol. The van der Waals surface area contributed by atoms with Crippen molar-refractivity contribution in [3.8, 4) is 11.8 Å². The Labute approximate surface area is 191 Å². The molecule has 0 aromatic heterocycles. The molecule has 0 atom stereocenters. The number of benzene rings is 3. The van der Waals surface area contributed by atoms with Gasteiger partial charge in [-0.25, -0.2) is 0 Å². The van der Waals surface area contributed by atoms with Crippen molar-refractivity contribution in [1.29, 1.82) is 5.26 Å². The van der Waals surface area contributed by atoms with Crippen LogP contribution in [-0.4, -0.2) is 5.91 Å². The second kappa shape index (κ2) is 10.2. The highest BCUT2D eigenvalue weighted by Crippen LogP contribution is 2.24. The van der Waals surface area contributed by atoms with Gasteiger partial charge in [-0.05, 0) is 73.0 Å². The molecule has 4 nitrogen and oxygen atoms in total. The van der Waals surface area contributed by atoms with Gasteiger partial charge in [-0.1, -0.05) is 47.5 Å². The third kappa shape index (κ3) is 6.11. The van der Waals surface area contributed by atoms with Gasteiger partial charge in [0, 0.05) is 21.3 Å². The Morgan fingerprint density at radius 3 is 2.58 bits per heavy atom. The predicted octanol–water partition coefficient (Wildman–Crippen LogP) is 6.73. The molecule has 0 spiro atoms. The van der Waals surface area contributed by atoms with Crippen LogP contribution < -0.4 is 10.1 Å². The van der Waals surface area contributed by atoms with Gasteiger partial charge in [-0.15, -0.1) is 0 Å². The lowest BCUT2D eigenvalue weighted by atomic mass is 10.1. The number of aryl methyl sites for hydroxylation is 2. The summed E-state index contributed by atoms with van der Waals surface area (Å²) in [7, 11) is 0. The Hall–Kier alpha value is -3.26. The maximum atomic E-state index is 12.5. The lowest BCUT2D eigenvalue weighted by molar-refractivity contribution is -0.112. The van der Waals surface area contributed by atoms with E-state index in [-0.39, 0.29) is 12.2 Å². The first-order chi connectivity index (χ1) is 14.9. The first-order valence-electron chi connectivity index (χ1n) is 9.53. The molecule has 1 amide bonds. The van der Waals surface area contributed by atoms with Crippen LogP contribution >= 0.6 is 23.2 Å². The van der Waals surface area contributed by atoms with E-state index in [2.05, 4.69) is 5.32 Å². The van der Waals surface area contributed by atoms with Gasteiger partial charge in [0.05, 0.1) is 0 Å². The molecular formula is C25H20Cl2N2O2. The summed E-state index contributed by atoms with van der Waals surface area (Å²) >= 11 is 12.1. The smallest absolute Gasteiger partial charge is 0.266 e. The number of nitrogens with zero attached hydrogens (tertiary/aromatic N) is 1. The third-order valence-corrected chi connectivity index (χ3v) is 5.30. The SMILES string of the molecule is Cc1ccc(NC(=O)/C(C#N)=C\c2cccc(OCc3ccc(Cl)cc3Cl)c2)cc1C. The second-order valence-corrected chi connectivity index (χ2v) is 7.86. The Morgan fingerprint density at radius 1 is 1.06 bits per heavy atom. The average Bonchev–Trinajstić information content (AvgIpc) is 2.74. The van der Waals surface area contributed by atoms with E-state index in [1.807, 2.05) is 38.1 Å². The van der Waals surface area contributed by atoms with Crippen LogP contribution in [0, 0.1) is 25.2 Å². The average molecular weight is 451 g/mol. The summed E-state index contributed by atoms with van der Waals surface area (Å²) in [6.45, 7) is 4.23. The van der Waals surface area contributed by atoms with E-state index in [9.17, 15) is 10.1 Å². The molecule has 6 heteroatoms. The molecule has 3 rings (SSSR count). The number of nitriles is 1. The molecule has 0 bridgehead atoms. The molecule has 0 unspecified atom stereocenters. The van der Waals surface area contributed by atoms with Gasteiger partial charge in [0.2, 0.25) is 0 Å². The molecule has 0 fully saturated rings. The van der Waals surface area contributed by atoms with Crippen LogP contribution in [0.4, 0.5) is 5.69 Å². The quantitative estimate of drug-likeness (QED) is 0.334. The van der Waals surface area contributed by atoms with Crippen molar-refractivity contribution < 1.29 is 9.53 Å². The maximum Gasteiger partial charge on any atom is 0.266 e. The summed E-state index contributed by atoms with van der Waals surface area (Å²) in [5.74, 6) is 0.122. The van der Waals surface area contributed by atoms with E-state index in [1.54, 1.807) is 42.5 Å². The van der Waals surface area contributed by atoms with Crippen molar-refractivity contribution >= 4 is 40.9 Å². The first kappa shape index (κ1) is 22.4. The molecule has 0 radical (unpaired) electrons. The molecule has 0 heterocycles. The van der Waals surface area contributed by atoms with Crippen molar-refractivity contribution in [2.75, 3.05) is 5.32 Å². The Kier molecular flexibility index (Phi) is 7.36. The molecule has 0 aliphatic rings. The van der Waals surface area contributed by atoms with Gasteiger partial charge in [0.25, 0.3) is 5.91 Å². The summed E-state index contributed by atoms with van der Waals surface area (Å²) in [6, 6.07) is 19.9. The molecule has 1 N–H and O–H groups in total. The lowest BCUT2D eigenvalue weighted by Gasteiger charge is -2.09. The summed E-state index contributed by atoms with van der Waals surface area (Å²) in [5, 5.41) is 13.3. The Balaban J connectivity index is 1.72. The number of halogens is 2. The number of anilines is 1. The molecule has 3 aromatic rings. The molecular weight excluding hydrogens is 431 g/mol. The second-order valence-electron chi connectivity index (χ2n) is 7.02. The van der Waals surface area contributed by atoms with E-state index < -0.39 is 5.91 Å². The lowest BCUT2D eigenvalue weighted by Crippen LogP contribution is -2.13. The van der Waals surface area contributed by atoms with Crippen molar-refractivity contribution in [1.82, 2.24) is 0 Å². The molecule has 0 aliphatic heterocycles. The summed E-state index contributed by atoms with van der Waals surface area (Å²) in [5.41, 5.74) is 4.31. The Morgan fingerprint density at radius 2 is 1.87 bits per heavy atom. The van der Waals surface area contributed by atoms with E-state index in [0.717, 1.165) is 16.7 Å². The van der Waals surface area contributed by atoms with Crippen LogP contribution in [0.25, 0.3) is 6.08 Å². The van der Waals surface area contributed by atoms with Crippen molar-refractivity contribution in [2.24, 2.45) is 0 Å². The highest BCUT2D eigenvalue weighted by molar-refractivity contribution is 6.35. The van der Waals surface area contributed by atoms with Crippen LogP contribution in [0.3, 0.4) is 0 Å². The minimum Gasteiger partial charge on any atom is -0.489 e. The number of ether oxygens (including phenoxy) is 1. The van der Waals surface area contributed by atoms with Crippen molar-refractivity contribution in [3.63, 3.8) is 0 Å². The summed E-state index contributed by atoms with van der Waals surface area (Å²) in [4.78, 5) is 12.5.